The molecule has 5 heteroatoms. The zero-order valence-electron chi connectivity index (χ0n) is 15.2. The predicted octanol–water partition coefficient (Wildman–Crippen LogP) is 6.73. The maximum Gasteiger partial charge on any atom is 0.278 e. The van der Waals surface area contributed by atoms with Crippen LogP contribution in [0.15, 0.2) is 0 Å². The molecule has 0 amide bonds. The van der Waals surface area contributed by atoms with E-state index in [9.17, 15) is 8.42 Å². The zero-order valence-corrected chi connectivity index (χ0v) is 17.0. The summed E-state index contributed by atoms with van der Waals surface area (Å²) in [4.78, 5) is 0. The van der Waals surface area contributed by atoms with Crippen LogP contribution < -0.4 is 0 Å². The third-order valence-electron chi connectivity index (χ3n) is 4.31. The molecule has 0 aliphatic rings. The molecule has 0 rings (SSSR count). The topological polar surface area (TPSA) is 54.4 Å². The number of hydrogen-bond acceptors (Lipinski definition) is 2. The molecular weight excluding hydrogens is 327 g/mol. The maximum absolute atomic E-state index is 10.6. The van der Waals surface area contributed by atoms with Gasteiger partial charge in [-0.15, -0.1) is 0 Å². The first-order valence-corrected chi connectivity index (χ1v) is 13.2. The van der Waals surface area contributed by atoms with E-state index in [1.807, 2.05) is 0 Å². The fourth-order valence-electron chi connectivity index (χ4n) is 2.87. The summed E-state index contributed by atoms with van der Waals surface area (Å²) in [6, 6.07) is 0. The van der Waals surface area contributed by atoms with E-state index in [4.69, 9.17) is 4.55 Å². The molecule has 1 atom stereocenters. The molecule has 0 radical (unpaired) electrons. The van der Waals surface area contributed by atoms with Crippen LogP contribution in [0.2, 0.25) is 0 Å². The molecule has 0 saturated carbocycles. The van der Waals surface area contributed by atoms with Gasteiger partial charge in [-0.05, 0) is 12.6 Å². The first kappa shape index (κ1) is 23.3. The molecule has 0 aliphatic heterocycles. The van der Waals surface area contributed by atoms with E-state index < -0.39 is 9.74 Å². The third kappa shape index (κ3) is 22.3. The van der Waals surface area contributed by atoms with Gasteiger partial charge >= 0.3 is 0 Å². The molecule has 0 aromatic rings. The number of unbranched alkanes of at least 4 members (excludes halogenated alkanes) is 15. The average molecular weight is 367 g/mol. The van der Waals surface area contributed by atoms with E-state index >= 15 is 0 Å². The summed E-state index contributed by atoms with van der Waals surface area (Å²) in [7, 11) is -4.04. The molecule has 0 aromatic heterocycles. The van der Waals surface area contributed by atoms with E-state index in [2.05, 4.69) is 6.92 Å². The van der Waals surface area contributed by atoms with Gasteiger partial charge in [0.1, 0.15) is 0 Å². The Labute approximate surface area is 146 Å². The van der Waals surface area contributed by atoms with Crippen molar-refractivity contribution >= 4 is 17.5 Å². The lowest BCUT2D eigenvalue weighted by Crippen LogP contribution is -1.89. The van der Waals surface area contributed by atoms with Gasteiger partial charge in [-0.2, -0.15) is 8.42 Å². The van der Waals surface area contributed by atoms with Crippen LogP contribution in [0.25, 0.3) is 0 Å². The summed E-state index contributed by atoms with van der Waals surface area (Å²) in [5.41, 5.74) is 0. The smallest absolute Gasteiger partial charge is 0.278 e. The van der Waals surface area contributed by atoms with Crippen molar-refractivity contribution in [2.45, 2.75) is 110 Å². The molecule has 0 fully saturated rings. The first-order valence-electron chi connectivity index (χ1n) is 9.78. The van der Waals surface area contributed by atoms with Gasteiger partial charge in [-0.3, -0.25) is 4.55 Å². The highest BCUT2D eigenvalue weighted by molar-refractivity contribution is 8.40. The molecule has 3 nitrogen and oxygen atoms in total. The van der Waals surface area contributed by atoms with Gasteiger partial charge in [0.25, 0.3) is 9.74 Å². The highest BCUT2D eigenvalue weighted by Crippen LogP contribution is 2.21. The molecule has 0 saturated heterocycles. The van der Waals surface area contributed by atoms with Crippen molar-refractivity contribution in [1.29, 1.82) is 0 Å². The van der Waals surface area contributed by atoms with Crippen molar-refractivity contribution in [2.75, 3.05) is 6.16 Å². The predicted molar refractivity (Wildman–Crippen MR) is 104 cm³/mol. The van der Waals surface area contributed by atoms with Crippen LogP contribution in [-0.2, 0) is 9.74 Å². The summed E-state index contributed by atoms with van der Waals surface area (Å²) >= 11 is 0. The quantitative estimate of drug-likeness (QED) is 0.166. The Morgan fingerprint density at radius 1 is 0.609 bits per heavy atom. The van der Waals surface area contributed by atoms with E-state index in [1.165, 1.54) is 89.9 Å². The van der Waals surface area contributed by atoms with Gasteiger partial charge < -0.3 is 0 Å². The molecule has 1 N–H and O–H groups in total. The van der Waals surface area contributed by atoms with E-state index in [0.29, 0.717) is 6.16 Å². The van der Waals surface area contributed by atoms with Crippen molar-refractivity contribution in [2.24, 2.45) is 0 Å². The van der Waals surface area contributed by atoms with Crippen LogP contribution in [0.1, 0.15) is 110 Å². The zero-order chi connectivity index (χ0) is 17.2. The fourth-order valence-corrected chi connectivity index (χ4v) is 4.73. The lowest BCUT2D eigenvalue weighted by atomic mass is 10.0. The molecule has 0 aromatic carbocycles. The van der Waals surface area contributed by atoms with Crippen molar-refractivity contribution in [3.05, 3.63) is 0 Å². The van der Waals surface area contributed by atoms with Crippen LogP contribution >= 0.6 is 7.78 Å². The number of rotatable bonds is 18. The lowest BCUT2D eigenvalue weighted by Gasteiger charge is -2.03. The summed E-state index contributed by atoms with van der Waals surface area (Å²) in [6.45, 7) is 2.27. The normalized spacial score (nSPS) is 12.4. The summed E-state index contributed by atoms with van der Waals surface area (Å²) < 4.78 is 29.7. The molecule has 0 spiro atoms. The van der Waals surface area contributed by atoms with Crippen LogP contribution in [0, 0.1) is 0 Å². The van der Waals surface area contributed by atoms with Crippen LogP contribution in [0.4, 0.5) is 0 Å². The summed E-state index contributed by atoms with van der Waals surface area (Å²) in [5.74, 6) is 0. The minimum Gasteiger partial charge on any atom is -0.283 e. The fraction of sp³-hybridized carbons (Fsp3) is 1.00. The summed E-state index contributed by atoms with van der Waals surface area (Å²) in [6.07, 6.45) is 21.8. The van der Waals surface area contributed by atoms with Gasteiger partial charge in [0, 0.05) is 7.78 Å². The van der Waals surface area contributed by atoms with Gasteiger partial charge in [0.2, 0.25) is 0 Å². The molecular formula is C18H39O3PS. The van der Waals surface area contributed by atoms with Crippen LogP contribution in [-0.4, -0.2) is 19.1 Å². The molecule has 140 valence electrons. The Hall–Kier alpha value is 0.340. The molecule has 23 heavy (non-hydrogen) atoms. The van der Waals surface area contributed by atoms with Crippen LogP contribution in [0.5, 0.6) is 0 Å². The minimum absolute atomic E-state index is 0.320. The van der Waals surface area contributed by atoms with Crippen molar-refractivity contribution < 1.29 is 13.0 Å². The van der Waals surface area contributed by atoms with Crippen LogP contribution in [0.3, 0.4) is 0 Å². The highest BCUT2D eigenvalue weighted by atomic mass is 32.8. The van der Waals surface area contributed by atoms with Crippen molar-refractivity contribution in [3.8, 4) is 0 Å². The van der Waals surface area contributed by atoms with Crippen molar-refractivity contribution in [1.82, 2.24) is 0 Å². The second-order valence-corrected chi connectivity index (χ2v) is 10.8. The molecule has 0 bridgehead atoms. The Balaban J connectivity index is 3.03. The Morgan fingerprint density at radius 3 is 1.22 bits per heavy atom. The van der Waals surface area contributed by atoms with E-state index in [-0.39, 0.29) is 7.78 Å². The Morgan fingerprint density at radius 2 is 0.913 bits per heavy atom. The Bertz CT molecular complexity index is 331. The molecule has 0 heterocycles. The van der Waals surface area contributed by atoms with E-state index in [0.717, 1.165) is 12.8 Å². The Kier molecular flexibility index (Phi) is 17.4. The molecule has 0 aliphatic carbocycles. The van der Waals surface area contributed by atoms with Crippen molar-refractivity contribution in [3.63, 3.8) is 0 Å². The van der Waals surface area contributed by atoms with E-state index in [1.54, 1.807) is 0 Å². The minimum atomic E-state index is -3.72. The SMILES string of the molecule is CCCCCCCCCCCCCCCCCCPS(=O)(=O)O. The van der Waals surface area contributed by atoms with Gasteiger partial charge in [0.15, 0.2) is 0 Å². The van der Waals surface area contributed by atoms with Gasteiger partial charge in [-0.1, -0.05) is 103 Å². The lowest BCUT2D eigenvalue weighted by molar-refractivity contribution is 0.502. The largest absolute Gasteiger partial charge is 0.283 e. The average Bonchev–Trinajstić information content (AvgIpc) is 2.49. The maximum atomic E-state index is 10.6. The second kappa shape index (κ2) is 17.2. The second-order valence-electron chi connectivity index (χ2n) is 6.67. The highest BCUT2D eigenvalue weighted by Gasteiger charge is 2.02. The van der Waals surface area contributed by atoms with Gasteiger partial charge in [-0.25, -0.2) is 0 Å². The van der Waals surface area contributed by atoms with Gasteiger partial charge in [0.05, 0.1) is 0 Å². The standard InChI is InChI=1S/C18H39O3PS/c1-2-3-4-5-6-7-8-9-10-11-12-13-14-15-16-17-18-22-23(19,20)21/h22H,2-18H2,1H3,(H,19,20,21). The summed E-state index contributed by atoms with van der Waals surface area (Å²) in [5, 5.41) is 0. The first-order chi connectivity index (χ1) is 11.1. The monoisotopic (exact) mass is 366 g/mol. The third-order valence-corrected chi connectivity index (χ3v) is 6.94. The molecule has 1 unspecified atom stereocenters. The number of hydrogen-bond donors (Lipinski definition) is 1.